The molecule has 1 saturated heterocycles. The number of alkyl halides is 5. The number of rotatable bonds is 4. The van der Waals surface area contributed by atoms with Crippen molar-refractivity contribution in [2.24, 2.45) is 17.8 Å². The molecule has 2 fully saturated rings. The molecule has 1 heterocycles. The van der Waals surface area contributed by atoms with Gasteiger partial charge in [-0.1, -0.05) is 12.2 Å². The number of halogens is 5. The number of allylic oxidation sites excluding steroid dienone is 2. The summed E-state index contributed by atoms with van der Waals surface area (Å²) in [6.07, 6.45) is -0.718. The van der Waals surface area contributed by atoms with Crippen LogP contribution in [0.1, 0.15) is 26.7 Å². The minimum Gasteiger partial charge on any atom is -0.462 e. The smallest absolute Gasteiger partial charge is 0.462 e. The highest BCUT2D eigenvalue weighted by molar-refractivity contribution is 5.74. The third kappa shape index (κ3) is 3.08. The summed E-state index contributed by atoms with van der Waals surface area (Å²) in [6.45, 7) is -1.22. The molecule has 5 unspecified atom stereocenters. The number of carbonyl (C=O) groups is 2. The van der Waals surface area contributed by atoms with E-state index in [1.165, 1.54) is 0 Å². The van der Waals surface area contributed by atoms with Crippen LogP contribution in [0.4, 0.5) is 22.0 Å². The Morgan fingerprint density at radius 3 is 2.36 bits per heavy atom. The van der Waals surface area contributed by atoms with Crippen LogP contribution in [0.2, 0.25) is 0 Å². The summed E-state index contributed by atoms with van der Waals surface area (Å²) in [7, 11) is 0. The van der Waals surface area contributed by atoms with Gasteiger partial charge in [-0.15, -0.1) is 0 Å². The molecule has 1 saturated carbocycles. The minimum atomic E-state index is -5.77. The lowest BCUT2D eigenvalue weighted by atomic mass is 9.89. The second-order valence-electron chi connectivity index (χ2n) is 7.41. The van der Waals surface area contributed by atoms with Crippen LogP contribution in [-0.2, 0) is 28.5 Å². The van der Waals surface area contributed by atoms with Gasteiger partial charge in [0.25, 0.3) is 0 Å². The molecule has 3 aliphatic rings. The Balaban J connectivity index is 1.80. The van der Waals surface area contributed by atoms with Crippen LogP contribution < -0.4 is 0 Å². The van der Waals surface area contributed by atoms with Crippen LogP contribution >= 0.6 is 0 Å². The van der Waals surface area contributed by atoms with Gasteiger partial charge < -0.3 is 18.9 Å². The zero-order chi connectivity index (χ0) is 21.0. The van der Waals surface area contributed by atoms with Crippen LogP contribution in [0, 0.1) is 17.8 Å². The second kappa shape index (κ2) is 6.65. The standard InChI is InChI=1S/C17H19F5O6/c1-9(23)28-16(17(20,21)22)15(18,19)14(2,26-8-27-16)7-25-13(24)12-6-10-3-4-11(12)5-10/h3-4,10-12H,5-8H2,1-2H3. The predicted molar refractivity (Wildman–Crippen MR) is 80.7 cm³/mol. The topological polar surface area (TPSA) is 71.1 Å². The van der Waals surface area contributed by atoms with Crippen LogP contribution in [0.25, 0.3) is 0 Å². The number of carbonyl (C=O) groups excluding carboxylic acids is 2. The normalized spacial score (nSPS) is 39.0. The van der Waals surface area contributed by atoms with Gasteiger partial charge in [-0.05, 0) is 31.6 Å². The summed E-state index contributed by atoms with van der Waals surface area (Å²) in [5, 5.41) is 0. The Morgan fingerprint density at radius 1 is 1.18 bits per heavy atom. The van der Waals surface area contributed by atoms with Crippen molar-refractivity contribution in [1.29, 1.82) is 0 Å². The SMILES string of the molecule is CC(=O)OC1(C(F)(F)F)OCOC(C)(COC(=O)C2CC3C=CC2C3)C1(F)F. The molecule has 0 amide bonds. The molecule has 158 valence electrons. The molecule has 0 N–H and O–H groups in total. The van der Waals surface area contributed by atoms with Crippen molar-refractivity contribution >= 4 is 11.9 Å². The molecule has 28 heavy (non-hydrogen) atoms. The third-order valence-corrected chi connectivity index (χ3v) is 5.45. The molecular formula is C17H19F5O6. The Kier molecular flexibility index (Phi) is 4.98. The van der Waals surface area contributed by atoms with E-state index in [0.29, 0.717) is 20.3 Å². The fraction of sp³-hybridized carbons (Fsp3) is 0.765. The van der Waals surface area contributed by atoms with E-state index in [9.17, 15) is 31.5 Å². The Morgan fingerprint density at radius 2 is 1.86 bits per heavy atom. The largest absolute Gasteiger partial charge is 0.462 e. The van der Waals surface area contributed by atoms with E-state index in [1.54, 1.807) is 0 Å². The molecule has 5 atom stereocenters. The Hall–Kier alpha value is -1.75. The summed E-state index contributed by atoms with van der Waals surface area (Å²) in [5.74, 6) is -12.3. The molecule has 0 aromatic carbocycles. The summed E-state index contributed by atoms with van der Waals surface area (Å²) >= 11 is 0. The van der Waals surface area contributed by atoms with Gasteiger partial charge in [0.05, 0.1) is 5.92 Å². The number of fused-ring (bicyclic) bond motifs is 2. The minimum absolute atomic E-state index is 0.0725. The first-order chi connectivity index (χ1) is 12.8. The van der Waals surface area contributed by atoms with Crippen molar-refractivity contribution in [1.82, 2.24) is 0 Å². The molecule has 0 spiro atoms. The Bertz CT molecular complexity index is 692. The van der Waals surface area contributed by atoms with Crippen LogP contribution in [-0.4, -0.2) is 48.8 Å². The monoisotopic (exact) mass is 414 g/mol. The fourth-order valence-electron chi connectivity index (χ4n) is 3.89. The van der Waals surface area contributed by atoms with E-state index >= 15 is 0 Å². The molecule has 1 aliphatic heterocycles. The third-order valence-electron chi connectivity index (χ3n) is 5.45. The van der Waals surface area contributed by atoms with E-state index < -0.39 is 54.7 Å². The van der Waals surface area contributed by atoms with E-state index in [0.717, 1.165) is 6.42 Å². The van der Waals surface area contributed by atoms with E-state index in [-0.39, 0.29) is 11.8 Å². The van der Waals surface area contributed by atoms with Crippen molar-refractivity contribution in [3.8, 4) is 0 Å². The number of esters is 2. The van der Waals surface area contributed by atoms with E-state index in [4.69, 9.17) is 9.47 Å². The van der Waals surface area contributed by atoms with E-state index in [2.05, 4.69) is 9.47 Å². The first kappa shape index (κ1) is 21.0. The molecule has 0 aromatic rings. The van der Waals surface area contributed by atoms with Crippen molar-refractivity contribution in [2.75, 3.05) is 13.4 Å². The maximum absolute atomic E-state index is 15.0. The summed E-state index contributed by atoms with van der Waals surface area (Å²) in [6, 6.07) is 0. The molecule has 6 nitrogen and oxygen atoms in total. The molecule has 2 bridgehead atoms. The second-order valence-corrected chi connectivity index (χ2v) is 7.41. The number of ether oxygens (including phenoxy) is 4. The molecule has 3 rings (SSSR count). The predicted octanol–water partition coefficient (Wildman–Crippen LogP) is 2.96. The van der Waals surface area contributed by atoms with E-state index in [1.807, 2.05) is 12.2 Å². The average Bonchev–Trinajstić information content (AvgIpc) is 3.19. The van der Waals surface area contributed by atoms with Gasteiger partial charge >= 0.3 is 29.8 Å². The maximum Gasteiger partial charge on any atom is 0.462 e. The fourth-order valence-corrected chi connectivity index (χ4v) is 3.89. The van der Waals surface area contributed by atoms with Crippen LogP contribution in [0.3, 0.4) is 0 Å². The molecule has 2 aliphatic carbocycles. The van der Waals surface area contributed by atoms with Crippen LogP contribution in [0.15, 0.2) is 12.2 Å². The molecular weight excluding hydrogens is 395 g/mol. The van der Waals surface area contributed by atoms with Gasteiger partial charge in [0.1, 0.15) is 6.61 Å². The van der Waals surface area contributed by atoms with Crippen molar-refractivity contribution in [3.63, 3.8) is 0 Å². The van der Waals surface area contributed by atoms with Gasteiger partial charge in [0.15, 0.2) is 12.4 Å². The van der Waals surface area contributed by atoms with Gasteiger partial charge in [-0.25, -0.2) is 0 Å². The zero-order valence-electron chi connectivity index (χ0n) is 15.1. The number of hydrogen-bond donors (Lipinski definition) is 0. The lowest BCUT2D eigenvalue weighted by Crippen LogP contribution is -2.75. The van der Waals surface area contributed by atoms with Crippen LogP contribution in [0.5, 0.6) is 0 Å². The zero-order valence-corrected chi connectivity index (χ0v) is 15.1. The highest BCUT2D eigenvalue weighted by atomic mass is 19.4. The van der Waals surface area contributed by atoms with Crippen molar-refractivity contribution in [3.05, 3.63) is 12.2 Å². The van der Waals surface area contributed by atoms with Gasteiger partial charge in [-0.3, -0.25) is 9.59 Å². The first-order valence-electron chi connectivity index (χ1n) is 8.60. The lowest BCUT2D eigenvalue weighted by Gasteiger charge is -2.50. The molecule has 0 radical (unpaired) electrons. The van der Waals surface area contributed by atoms with Gasteiger partial charge in [-0.2, -0.15) is 22.0 Å². The highest BCUT2D eigenvalue weighted by Crippen LogP contribution is 2.54. The number of hydrogen-bond acceptors (Lipinski definition) is 6. The Labute approximate surface area is 156 Å². The maximum atomic E-state index is 15.0. The molecule has 0 aromatic heterocycles. The summed E-state index contributed by atoms with van der Waals surface area (Å²) < 4.78 is 88.1. The van der Waals surface area contributed by atoms with Gasteiger partial charge in [0.2, 0.25) is 0 Å². The first-order valence-corrected chi connectivity index (χ1v) is 8.60. The summed E-state index contributed by atoms with van der Waals surface area (Å²) in [4.78, 5) is 23.4. The quantitative estimate of drug-likeness (QED) is 0.400. The van der Waals surface area contributed by atoms with Gasteiger partial charge in [0, 0.05) is 6.92 Å². The summed E-state index contributed by atoms with van der Waals surface area (Å²) in [5.41, 5.74) is -2.93. The van der Waals surface area contributed by atoms with Crippen molar-refractivity contribution in [2.45, 2.75) is 50.2 Å². The highest BCUT2D eigenvalue weighted by Gasteiger charge is 2.82. The average molecular weight is 414 g/mol. The van der Waals surface area contributed by atoms with Crippen molar-refractivity contribution < 1.29 is 50.5 Å². The lowest BCUT2D eigenvalue weighted by molar-refractivity contribution is -0.499. The molecule has 11 heteroatoms.